The second-order valence-electron chi connectivity index (χ2n) is 7.29. The van der Waals surface area contributed by atoms with Crippen LogP contribution in [-0.4, -0.2) is 15.6 Å². The predicted octanol–water partition coefficient (Wildman–Crippen LogP) is 5.20. The van der Waals surface area contributed by atoms with Gasteiger partial charge in [-0.1, -0.05) is 41.4 Å². The van der Waals surface area contributed by atoms with Crippen LogP contribution in [0.2, 0.25) is 10.0 Å². The highest BCUT2D eigenvalue weighted by Gasteiger charge is 2.21. The molecule has 0 aliphatic heterocycles. The van der Waals surface area contributed by atoms with Crippen LogP contribution in [0.15, 0.2) is 42.5 Å². The van der Waals surface area contributed by atoms with Crippen LogP contribution in [0.1, 0.15) is 48.4 Å². The summed E-state index contributed by atoms with van der Waals surface area (Å²) in [5, 5.41) is 15.2. The van der Waals surface area contributed by atoms with Gasteiger partial charge in [0.25, 0.3) is 5.91 Å². The Morgan fingerprint density at radius 3 is 2.48 bits per heavy atom. The number of carbonyl (C=O) groups excluding carboxylic acids is 1. The predicted molar refractivity (Wildman–Crippen MR) is 111 cm³/mol. The van der Waals surface area contributed by atoms with Gasteiger partial charge in [-0.2, -0.15) is 0 Å². The van der Waals surface area contributed by atoms with E-state index in [9.17, 15) is 9.90 Å². The number of hydrogen-bond acceptors (Lipinski definition) is 2. The number of rotatable bonds is 4. The van der Waals surface area contributed by atoms with Crippen LogP contribution in [0.5, 0.6) is 0 Å². The van der Waals surface area contributed by atoms with Crippen molar-refractivity contribution in [3.05, 3.63) is 69.3 Å². The zero-order chi connectivity index (χ0) is 19.9. The minimum atomic E-state index is -1.02. The van der Waals surface area contributed by atoms with Crippen molar-refractivity contribution in [2.24, 2.45) is 7.05 Å². The standard InChI is InChI=1S/C21H22Cl2N2O2/c1-12(13-6-8-16(17(23)9-13)21(2,3)27)24-20(26)19-10-14-5-7-15(22)11-18(14)25(19)4/h5-12,27H,1-4H3,(H,24,26). The van der Waals surface area contributed by atoms with Crippen LogP contribution in [0, 0.1) is 0 Å². The molecule has 0 spiro atoms. The summed E-state index contributed by atoms with van der Waals surface area (Å²) < 4.78 is 1.83. The molecule has 0 saturated heterocycles. The molecule has 6 heteroatoms. The molecule has 2 aromatic carbocycles. The van der Waals surface area contributed by atoms with Gasteiger partial charge in [-0.3, -0.25) is 4.79 Å². The van der Waals surface area contributed by atoms with Gasteiger partial charge >= 0.3 is 0 Å². The molecule has 0 radical (unpaired) electrons. The van der Waals surface area contributed by atoms with Crippen molar-refractivity contribution < 1.29 is 9.90 Å². The summed E-state index contributed by atoms with van der Waals surface area (Å²) in [5.41, 5.74) is 1.95. The van der Waals surface area contributed by atoms with Gasteiger partial charge in [-0.25, -0.2) is 0 Å². The molecule has 2 N–H and O–H groups in total. The largest absolute Gasteiger partial charge is 0.386 e. The maximum atomic E-state index is 12.8. The van der Waals surface area contributed by atoms with E-state index in [0.29, 0.717) is 21.3 Å². The van der Waals surface area contributed by atoms with E-state index in [1.807, 2.05) is 42.8 Å². The Bertz CT molecular complexity index is 1020. The van der Waals surface area contributed by atoms with Crippen molar-refractivity contribution in [2.45, 2.75) is 32.4 Å². The molecular formula is C21H22Cl2N2O2. The highest BCUT2D eigenvalue weighted by atomic mass is 35.5. The van der Waals surface area contributed by atoms with Gasteiger partial charge in [0.05, 0.1) is 11.6 Å². The number of aliphatic hydroxyl groups is 1. The molecule has 1 atom stereocenters. The number of benzene rings is 2. The lowest BCUT2D eigenvalue weighted by Gasteiger charge is -2.21. The van der Waals surface area contributed by atoms with Crippen LogP contribution in [-0.2, 0) is 12.6 Å². The van der Waals surface area contributed by atoms with Crippen LogP contribution in [0.4, 0.5) is 0 Å². The first kappa shape index (κ1) is 19.7. The van der Waals surface area contributed by atoms with E-state index in [1.165, 1.54) is 0 Å². The third kappa shape index (κ3) is 3.98. The lowest BCUT2D eigenvalue weighted by molar-refractivity contribution is 0.0786. The minimum absolute atomic E-state index is 0.181. The Labute approximate surface area is 168 Å². The van der Waals surface area contributed by atoms with E-state index in [4.69, 9.17) is 23.2 Å². The SMILES string of the molecule is CC(NC(=O)c1cc2ccc(Cl)cc2n1C)c1ccc(C(C)(C)O)c(Cl)c1. The van der Waals surface area contributed by atoms with Gasteiger partial charge in [0.2, 0.25) is 0 Å². The third-order valence-electron chi connectivity index (χ3n) is 4.74. The summed E-state index contributed by atoms with van der Waals surface area (Å²) in [4.78, 5) is 12.8. The van der Waals surface area contributed by atoms with E-state index >= 15 is 0 Å². The Morgan fingerprint density at radius 2 is 1.85 bits per heavy atom. The van der Waals surface area contributed by atoms with Gasteiger partial charge < -0.3 is 15.0 Å². The molecule has 1 aromatic heterocycles. The van der Waals surface area contributed by atoms with Crippen LogP contribution >= 0.6 is 23.2 Å². The number of fused-ring (bicyclic) bond motifs is 1. The topological polar surface area (TPSA) is 54.3 Å². The Morgan fingerprint density at radius 1 is 1.15 bits per heavy atom. The fourth-order valence-corrected chi connectivity index (χ4v) is 3.76. The summed E-state index contributed by atoms with van der Waals surface area (Å²) in [6, 6.07) is 12.6. The fraction of sp³-hybridized carbons (Fsp3) is 0.286. The molecule has 0 saturated carbocycles. The summed E-state index contributed by atoms with van der Waals surface area (Å²) >= 11 is 12.4. The van der Waals surface area contributed by atoms with E-state index in [0.717, 1.165) is 16.5 Å². The van der Waals surface area contributed by atoms with Crippen molar-refractivity contribution >= 4 is 40.0 Å². The number of carbonyl (C=O) groups is 1. The molecule has 1 unspecified atom stereocenters. The lowest BCUT2D eigenvalue weighted by Crippen LogP contribution is -2.28. The first-order valence-electron chi connectivity index (χ1n) is 8.66. The van der Waals surface area contributed by atoms with E-state index in [2.05, 4.69) is 5.32 Å². The highest BCUT2D eigenvalue weighted by Crippen LogP contribution is 2.30. The number of nitrogens with zero attached hydrogens (tertiary/aromatic N) is 1. The molecule has 27 heavy (non-hydrogen) atoms. The smallest absolute Gasteiger partial charge is 0.268 e. The molecule has 0 aliphatic carbocycles. The second-order valence-corrected chi connectivity index (χ2v) is 8.13. The average Bonchev–Trinajstić information content (AvgIpc) is 2.90. The number of aryl methyl sites for hydroxylation is 1. The second kappa shape index (κ2) is 7.19. The molecule has 1 heterocycles. The summed E-state index contributed by atoms with van der Waals surface area (Å²) in [5.74, 6) is -0.181. The number of halogens is 2. The maximum absolute atomic E-state index is 12.8. The molecule has 0 bridgehead atoms. The van der Waals surface area contributed by atoms with E-state index in [-0.39, 0.29) is 11.9 Å². The monoisotopic (exact) mass is 404 g/mol. The zero-order valence-corrected chi connectivity index (χ0v) is 17.2. The third-order valence-corrected chi connectivity index (χ3v) is 5.29. The van der Waals surface area contributed by atoms with Crippen molar-refractivity contribution in [3.8, 4) is 0 Å². The molecule has 0 fully saturated rings. The van der Waals surface area contributed by atoms with Gasteiger partial charge in [-0.15, -0.1) is 0 Å². The van der Waals surface area contributed by atoms with Crippen LogP contribution < -0.4 is 5.32 Å². The molecular weight excluding hydrogens is 383 g/mol. The van der Waals surface area contributed by atoms with E-state index in [1.54, 1.807) is 32.0 Å². The first-order chi connectivity index (χ1) is 12.6. The van der Waals surface area contributed by atoms with Gasteiger partial charge in [0.1, 0.15) is 5.69 Å². The molecule has 3 aromatic rings. The van der Waals surface area contributed by atoms with Crippen LogP contribution in [0.3, 0.4) is 0 Å². The normalized spacial score (nSPS) is 13.0. The minimum Gasteiger partial charge on any atom is -0.386 e. The number of nitrogens with one attached hydrogen (secondary N) is 1. The number of hydrogen-bond donors (Lipinski definition) is 2. The Balaban J connectivity index is 1.84. The maximum Gasteiger partial charge on any atom is 0.268 e. The molecule has 4 nitrogen and oxygen atoms in total. The molecule has 0 aliphatic rings. The lowest BCUT2D eigenvalue weighted by atomic mass is 9.96. The summed E-state index contributed by atoms with van der Waals surface area (Å²) in [7, 11) is 1.84. The average molecular weight is 405 g/mol. The number of aromatic nitrogens is 1. The Hall–Kier alpha value is -2.01. The van der Waals surface area contributed by atoms with Crippen molar-refractivity contribution in [1.29, 1.82) is 0 Å². The number of amides is 1. The highest BCUT2D eigenvalue weighted by molar-refractivity contribution is 6.31. The van der Waals surface area contributed by atoms with Gasteiger partial charge in [0.15, 0.2) is 0 Å². The van der Waals surface area contributed by atoms with Crippen LogP contribution in [0.25, 0.3) is 10.9 Å². The quantitative estimate of drug-likeness (QED) is 0.627. The van der Waals surface area contributed by atoms with Gasteiger partial charge in [0, 0.05) is 33.6 Å². The van der Waals surface area contributed by atoms with E-state index < -0.39 is 5.60 Å². The molecule has 142 valence electrons. The summed E-state index contributed by atoms with van der Waals surface area (Å²) in [6.45, 7) is 5.27. The molecule has 1 amide bonds. The Kier molecular flexibility index (Phi) is 5.26. The fourth-order valence-electron chi connectivity index (χ4n) is 3.17. The van der Waals surface area contributed by atoms with Crippen molar-refractivity contribution in [2.75, 3.05) is 0 Å². The van der Waals surface area contributed by atoms with Gasteiger partial charge in [-0.05, 0) is 50.6 Å². The van der Waals surface area contributed by atoms with Crippen molar-refractivity contribution in [1.82, 2.24) is 9.88 Å². The van der Waals surface area contributed by atoms with Crippen molar-refractivity contribution in [3.63, 3.8) is 0 Å². The zero-order valence-electron chi connectivity index (χ0n) is 15.7. The molecule has 3 rings (SSSR count). The summed E-state index contributed by atoms with van der Waals surface area (Å²) in [6.07, 6.45) is 0. The first-order valence-corrected chi connectivity index (χ1v) is 9.41.